The standard InChI is InChI=1S/C13H15Br2N3O/c1-13(2,3)18-11(7-19)16-17-12(18)8-4-9(14)6-10(15)5-8/h4-6,19H,7H2,1-3H3. The number of hydrogen-bond acceptors (Lipinski definition) is 3. The van der Waals surface area contributed by atoms with Gasteiger partial charge in [0.15, 0.2) is 11.6 Å². The van der Waals surface area contributed by atoms with Crippen LogP contribution < -0.4 is 0 Å². The summed E-state index contributed by atoms with van der Waals surface area (Å²) in [4.78, 5) is 0. The third-order valence-electron chi connectivity index (χ3n) is 2.66. The second-order valence-electron chi connectivity index (χ2n) is 5.26. The number of nitrogens with zero attached hydrogens (tertiary/aromatic N) is 3. The first kappa shape index (κ1) is 14.7. The maximum Gasteiger partial charge on any atom is 0.164 e. The van der Waals surface area contributed by atoms with Crippen molar-refractivity contribution in [3.05, 3.63) is 33.0 Å². The molecule has 0 aliphatic carbocycles. The maximum atomic E-state index is 9.41. The highest BCUT2D eigenvalue weighted by molar-refractivity contribution is 9.11. The molecule has 2 rings (SSSR count). The van der Waals surface area contributed by atoms with Gasteiger partial charge in [-0.05, 0) is 39.0 Å². The molecule has 2 aromatic rings. The Morgan fingerprint density at radius 1 is 1.11 bits per heavy atom. The Kier molecular flexibility index (Phi) is 4.13. The van der Waals surface area contributed by atoms with E-state index in [1.54, 1.807) is 0 Å². The number of aliphatic hydroxyl groups is 1. The third-order valence-corrected chi connectivity index (χ3v) is 3.58. The number of hydrogen-bond donors (Lipinski definition) is 1. The van der Waals surface area contributed by atoms with Crippen LogP contribution in [0.1, 0.15) is 26.6 Å². The van der Waals surface area contributed by atoms with Crippen molar-refractivity contribution < 1.29 is 5.11 Å². The molecule has 19 heavy (non-hydrogen) atoms. The van der Waals surface area contributed by atoms with Crippen LogP contribution in [0.3, 0.4) is 0 Å². The second-order valence-corrected chi connectivity index (χ2v) is 7.09. The first-order valence-electron chi connectivity index (χ1n) is 5.85. The van der Waals surface area contributed by atoms with E-state index in [1.165, 1.54) is 0 Å². The van der Waals surface area contributed by atoms with Crippen LogP contribution in [-0.2, 0) is 12.1 Å². The van der Waals surface area contributed by atoms with Crippen molar-refractivity contribution >= 4 is 31.9 Å². The lowest BCUT2D eigenvalue weighted by Gasteiger charge is -2.24. The molecular weight excluding hydrogens is 374 g/mol. The van der Waals surface area contributed by atoms with E-state index in [1.807, 2.05) is 22.8 Å². The van der Waals surface area contributed by atoms with E-state index in [4.69, 9.17) is 0 Å². The zero-order valence-corrected chi connectivity index (χ0v) is 14.2. The fourth-order valence-electron chi connectivity index (χ4n) is 1.99. The highest BCUT2D eigenvalue weighted by atomic mass is 79.9. The average Bonchev–Trinajstić information content (AvgIpc) is 2.70. The van der Waals surface area contributed by atoms with Crippen molar-refractivity contribution in [1.29, 1.82) is 0 Å². The van der Waals surface area contributed by atoms with Crippen LogP contribution in [0.4, 0.5) is 0 Å². The Morgan fingerprint density at radius 3 is 2.16 bits per heavy atom. The molecule has 1 aromatic carbocycles. The third kappa shape index (κ3) is 3.07. The molecule has 0 radical (unpaired) electrons. The summed E-state index contributed by atoms with van der Waals surface area (Å²) in [5.41, 5.74) is 0.745. The SMILES string of the molecule is CC(C)(C)n1c(CO)nnc1-c1cc(Br)cc(Br)c1. The van der Waals surface area contributed by atoms with Gasteiger partial charge in [-0.15, -0.1) is 10.2 Å². The van der Waals surface area contributed by atoms with Gasteiger partial charge in [-0.1, -0.05) is 31.9 Å². The van der Waals surface area contributed by atoms with Crippen LogP contribution in [0.25, 0.3) is 11.4 Å². The zero-order valence-electron chi connectivity index (χ0n) is 11.0. The van der Waals surface area contributed by atoms with Crippen LogP contribution in [0.2, 0.25) is 0 Å². The zero-order chi connectivity index (χ0) is 14.2. The smallest absolute Gasteiger partial charge is 0.164 e. The maximum absolute atomic E-state index is 9.41. The fourth-order valence-corrected chi connectivity index (χ4v) is 3.29. The van der Waals surface area contributed by atoms with Crippen molar-refractivity contribution in [2.75, 3.05) is 0 Å². The molecule has 4 nitrogen and oxygen atoms in total. The second kappa shape index (κ2) is 5.34. The summed E-state index contributed by atoms with van der Waals surface area (Å²) in [5, 5.41) is 17.7. The van der Waals surface area contributed by atoms with Gasteiger partial charge in [0.25, 0.3) is 0 Å². The molecule has 0 saturated heterocycles. The minimum absolute atomic E-state index is 0.126. The number of rotatable bonds is 2. The number of halogens is 2. The molecular formula is C13H15Br2N3O. The van der Waals surface area contributed by atoms with E-state index in [-0.39, 0.29) is 12.1 Å². The Balaban J connectivity index is 2.66. The molecule has 0 fully saturated rings. The summed E-state index contributed by atoms with van der Waals surface area (Å²) in [6.45, 7) is 6.06. The van der Waals surface area contributed by atoms with Crippen LogP contribution in [0.5, 0.6) is 0 Å². The van der Waals surface area contributed by atoms with Gasteiger partial charge in [0, 0.05) is 20.0 Å². The minimum Gasteiger partial charge on any atom is -0.388 e. The highest BCUT2D eigenvalue weighted by Gasteiger charge is 2.23. The summed E-state index contributed by atoms with van der Waals surface area (Å²) < 4.78 is 3.89. The molecule has 0 amide bonds. The van der Waals surface area contributed by atoms with Gasteiger partial charge in [0.2, 0.25) is 0 Å². The Hall–Kier alpha value is -0.720. The molecule has 1 aromatic heterocycles. The quantitative estimate of drug-likeness (QED) is 0.852. The summed E-state index contributed by atoms with van der Waals surface area (Å²) in [7, 11) is 0. The van der Waals surface area contributed by atoms with E-state index in [9.17, 15) is 5.11 Å². The Morgan fingerprint density at radius 2 is 1.68 bits per heavy atom. The van der Waals surface area contributed by atoms with Gasteiger partial charge < -0.3 is 9.67 Å². The molecule has 102 valence electrons. The van der Waals surface area contributed by atoms with Gasteiger partial charge in [-0.2, -0.15) is 0 Å². The van der Waals surface area contributed by atoms with E-state index >= 15 is 0 Å². The summed E-state index contributed by atoms with van der Waals surface area (Å²) >= 11 is 6.94. The monoisotopic (exact) mass is 387 g/mol. The van der Waals surface area contributed by atoms with Gasteiger partial charge >= 0.3 is 0 Å². The molecule has 0 atom stereocenters. The number of aromatic nitrogens is 3. The van der Waals surface area contributed by atoms with Crippen molar-refractivity contribution in [3.63, 3.8) is 0 Å². The first-order chi connectivity index (χ1) is 8.82. The van der Waals surface area contributed by atoms with Crippen LogP contribution in [-0.4, -0.2) is 19.9 Å². The van der Waals surface area contributed by atoms with E-state index in [2.05, 4.69) is 62.8 Å². The van der Waals surface area contributed by atoms with Crippen LogP contribution >= 0.6 is 31.9 Å². The fraction of sp³-hybridized carbons (Fsp3) is 0.385. The van der Waals surface area contributed by atoms with E-state index in [0.29, 0.717) is 5.82 Å². The summed E-state index contributed by atoms with van der Waals surface area (Å²) in [6.07, 6.45) is 0. The molecule has 0 spiro atoms. The molecule has 0 aliphatic heterocycles. The highest BCUT2D eigenvalue weighted by Crippen LogP contribution is 2.30. The Bertz CT molecular complexity index is 582. The van der Waals surface area contributed by atoms with Crippen molar-refractivity contribution in [2.24, 2.45) is 0 Å². The summed E-state index contributed by atoms with van der Waals surface area (Å²) in [6, 6.07) is 5.94. The normalized spacial score (nSPS) is 11.9. The molecule has 1 N–H and O–H groups in total. The minimum atomic E-state index is -0.203. The average molecular weight is 389 g/mol. The molecule has 6 heteroatoms. The Labute approximate surface area is 129 Å². The first-order valence-corrected chi connectivity index (χ1v) is 7.43. The summed E-state index contributed by atoms with van der Waals surface area (Å²) in [5.74, 6) is 1.32. The predicted octanol–water partition coefficient (Wildman–Crippen LogP) is 3.72. The van der Waals surface area contributed by atoms with Crippen LogP contribution in [0, 0.1) is 0 Å². The van der Waals surface area contributed by atoms with Crippen LogP contribution in [0.15, 0.2) is 27.1 Å². The molecule has 0 unspecified atom stereocenters. The van der Waals surface area contributed by atoms with Crippen molar-refractivity contribution in [3.8, 4) is 11.4 Å². The van der Waals surface area contributed by atoms with E-state index < -0.39 is 0 Å². The largest absolute Gasteiger partial charge is 0.388 e. The lowest BCUT2D eigenvalue weighted by atomic mass is 10.1. The number of benzene rings is 1. The predicted molar refractivity (Wildman–Crippen MR) is 81.8 cm³/mol. The van der Waals surface area contributed by atoms with Gasteiger partial charge in [-0.25, -0.2) is 0 Å². The molecule has 1 heterocycles. The lowest BCUT2D eigenvalue weighted by Crippen LogP contribution is -2.25. The number of aliphatic hydroxyl groups excluding tert-OH is 1. The van der Waals surface area contributed by atoms with E-state index in [0.717, 1.165) is 20.3 Å². The van der Waals surface area contributed by atoms with Gasteiger partial charge in [-0.3, -0.25) is 0 Å². The molecule has 0 saturated carbocycles. The van der Waals surface area contributed by atoms with Crippen molar-refractivity contribution in [1.82, 2.24) is 14.8 Å². The van der Waals surface area contributed by atoms with Gasteiger partial charge in [0.1, 0.15) is 6.61 Å². The van der Waals surface area contributed by atoms with Crippen molar-refractivity contribution in [2.45, 2.75) is 32.9 Å². The lowest BCUT2D eigenvalue weighted by molar-refractivity contribution is 0.250. The molecule has 0 aliphatic rings. The molecule has 0 bridgehead atoms. The van der Waals surface area contributed by atoms with Gasteiger partial charge in [0.05, 0.1) is 0 Å². The topological polar surface area (TPSA) is 50.9 Å².